The van der Waals surface area contributed by atoms with Gasteiger partial charge in [-0.3, -0.25) is 19.0 Å². The number of carbonyl (C=O) groups is 2. The molecule has 0 aliphatic carbocycles. The fraction of sp³-hybridized carbons (Fsp3) is 0.333. The predicted octanol–water partition coefficient (Wildman–Crippen LogP) is 1.88. The van der Waals surface area contributed by atoms with Crippen molar-refractivity contribution >= 4 is 17.5 Å². The zero-order valence-electron chi connectivity index (χ0n) is 15.5. The maximum atomic E-state index is 12.5. The molecule has 0 saturated carbocycles. The van der Waals surface area contributed by atoms with E-state index in [0.717, 1.165) is 11.4 Å². The van der Waals surface area contributed by atoms with Crippen molar-refractivity contribution in [1.29, 1.82) is 0 Å². The van der Waals surface area contributed by atoms with Gasteiger partial charge in [0.15, 0.2) is 5.69 Å². The van der Waals surface area contributed by atoms with Crippen LogP contribution in [-0.4, -0.2) is 31.4 Å². The zero-order chi connectivity index (χ0) is 19.4. The average Bonchev–Trinajstić information content (AvgIpc) is 3.34. The lowest BCUT2D eigenvalue weighted by Crippen LogP contribution is -2.26. The topological polar surface area (TPSA) is 107 Å². The summed E-state index contributed by atoms with van der Waals surface area (Å²) < 4.78 is 8.42. The van der Waals surface area contributed by atoms with E-state index >= 15 is 0 Å². The van der Waals surface area contributed by atoms with Crippen molar-refractivity contribution in [3.8, 4) is 0 Å². The monoisotopic (exact) mass is 370 g/mol. The molecule has 0 bridgehead atoms. The number of hydrogen-bond donors (Lipinski definition) is 2. The number of rotatable bonds is 7. The summed E-state index contributed by atoms with van der Waals surface area (Å²) >= 11 is 0. The number of amides is 2. The normalized spacial score (nSPS) is 10.8. The molecule has 0 radical (unpaired) electrons. The van der Waals surface area contributed by atoms with Crippen molar-refractivity contribution in [1.82, 2.24) is 24.9 Å². The fourth-order valence-corrected chi connectivity index (χ4v) is 2.67. The summed E-state index contributed by atoms with van der Waals surface area (Å²) in [6, 6.07) is 5.41. The molecular weight excluding hydrogens is 348 g/mol. The van der Waals surface area contributed by atoms with Crippen LogP contribution in [0.15, 0.2) is 35.1 Å². The Kier molecular flexibility index (Phi) is 5.39. The van der Waals surface area contributed by atoms with Crippen LogP contribution in [0.25, 0.3) is 0 Å². The second kappa shape index (κ2) is 7.90. The van der Waals surface area contributed by atoms with Gasteiger partial charge in [0.1, 0.15) is 12.3 Å². The number of anilines is 1. The fourth-order valence-electron chi connectivity index (χ4n) is 2.67. The SMILES string of the molecule is CCn1cc(NC(=O)Cn2nc(C)cc2C)c(C(=O)NCc2ccco2)n1. The van der Waals surface area contributed by atoms with Crippen molar-refractivity contribution < 1.29 is 14.0 Å². The van der Waals surface area contributed by atoms with E-state index in [1.807, 2.05) is 26.8 Å². The van der Waals surface area contributed by atoms with E-state index in [2.05, 4.69) is 20.8 Å². The lowest BCUT2D eigenvalue weighted by Gasteiger charge is -2.07. The Morgan fingerprint density at radius 2 is 2.07 bits per heavy atom. The van der Waals surface area contributed by atoms with Gasteiger partial charge in [-0.15, -0.1) is 0 Å². The lowest BCUT2D eigenvalue weighted by atomic mass is 10.3. The van der Waals surface area contributed by atoms with E-state index in [-0.39, 0.29) is 30.6 Å². The van der Waals surface area contributed by atoms with Gasteiger partial charge in [-0.1, -0.05) is 0 Å². The smallest absolute Gasteiger partial charge is 0.274 e. The molecule has 2 amide bonds. The van der Waals surface area contributed by atoms with Gasteiger partial charge in [-0.2, -0.15) is 10.2 Å². The molecule has 3 aromatic heterocycles. The van der Waals surface area contributed by atoms with E-state index in [4.69, 9.17) is 4.42 Å². The molecule has 142 valence electrons. The highest BCUT2D eigenvalue weighted by Crippen LogP contribution is 2.15. The van der Waals surface area contributed by atoms with Crippen molar-refractivity contribution in [2.75, 3.05) is 5.32 Å². The minimum Gasteiger partial charge on any atom is -0.467 e. The molecular formula is C18H22N6O3. The Labute approximate surface area is 156 Å². The highest BCUT2D eigenvalue weighted by molar-refractivity contribution is 6.02. The molecule has 3 rings (SSSR count). The molecule has 0 aliphatic heterocycles. The number of carbonyl (C=O) groups excluding carboxylic acids is 2. The molecule has 0 aromatic carbocycles. The van der Waals surface area contributed by atoms with Gasteiger partial charge < -0.3 is 15.1 Å². The summed E-state index contributed by atoms with van der Waals surface area (Å²) in [5.74, 6) is -0.0367. The Morgan fingerprint density at radius 1 is 1.26 bits per heavy atom. The minimum absolute atomic E-state index is 0.0600. The average molecular weight is 370 g/mol. The Morgan fingerprint density at radius 3 is 2.70 bits per heavy atom. The molecule has 27 heavy (non-hydrogen) atoms. The maximum Gasteiger partial charge on any atom is 0.274 e. The largest absolute Gasteiger partial charge is 0.467 e. The van der Waals surface area contributed by atoms with Crippen LogP contribution >= 0.6 is 0 Å². The predicted molar refractivity (Wildman–Crippen MR) is 98.1 cm³/mol. The van der Waals surface area contributed by atoms with Crippen LogP contribution in [0.2, 0.25) is 0 Å². The zero-order valence-corrected chi connectivity index (χ0v) is 15.5. The van der Waals surface area contributed by atoms with Crippen molar-refractivity contribution in [2.24, 2.45) is 0 Å². The number of aromatic nitrogens is 4. The van der Waals surface area contributed by atoms with Crippen LogP contribution in [0.3, 0.4) is 0 Å². The summed E-state index contributed by atoms with van der Waals surface area (Å²) in [6.07, 6.45) is 3.18. The Bertz CT molecular complexity index is 939. The number of furan rings is 1. The highest BCUT2D eigenvalue weighted by atomic mass is 16.3. The summed E-state index contributed by atoms with van der Waals surface area (Å²) in [5.41, 5.74) is 2.26. The lowest BCUT2D eigenvalue weighted by molar-refractivity contribution is -0.116. The second-order valence-corrected chi connectivity index (χ2v) is 6.14. The minimum atomic E-state index is -0.389. The van der Waals surface area contributed by atoms with Crippen LogP contribution < -0.4 is 10.6 Å². The van der Waals surface area contributed by atoms with Gasteiger partial charge in [0.2, 0.25) is 5.91 Å². The van der Waals surface area contributed by atoms with Gasteiger partial charge >= 0.3 is 0 Å². The standard InChI is InChI=1S/C18H22N6O3/c1-4-23-10-15(20-16(25)11-24-13(3)8-12(2)21-24)17(22-23)18(26)19-9-14-6-5-7-27-14/h5-8,10H,4,9,11H2,1-3H3,(H,19,26)(H,20,25). The van der Waals surface area contributed by atoms with Crippen LogP contribution in [-0.2, 0) is 24.4 Å². The first-order valence-electron chi connectivity index (χ1n) is 8.65. The molecule has 0 unspecified atom stereocenters. The van der Waals surface area contributed by atoms with Crippen molar-refractivity contribution in [3.05, 3.63) is 53.5 Å². The van der Waals surface area contributed by atoms with Crippen LogP contribution in [0.4, 0.5) is 5.69 Å². The third-order valence-corrected chi connectivity index (χ3v) is 3.97. The van der Waals surface area contributed by atoms with Crippen molar-refractivity contribution in [2.45, 2.75) is 40.4 Å². The summed E-state index contributed by atoms with van der Waals surface area (Å²) in [5, 5.41) is 14.0. The van der Waals surface area contributed by atoms with Crippen LogP contribution in [0, 0.1) is 13.8 Å². The summed E-state index contributed by atoms with van der Waals surface area (Å²) in [4.78, 5) is 24.9. The first-order valence-corrected chi connectivity index (χ1v) is 8.65. The van der Waals surface area contributed by atoms with Crippen LogP contribution in [0.5, 0.6) is 0 Å². The first-order chi connectivity index (χ1) is 13.0. The van der Waals surface area contributed by atoms with E-state index in [1.54, 1.807) is 27.7 Å². The highest BCUT2D eigenvalue weighted by Gasteiger charge is 2.19. The van der Waals surface area contributed by atoms with E-state index < -0.39 is 0 Å². The Balaban J connectivity index is 1.70. The third kappa shape index (κ3) is 4.43. The molecule has 0 spiro atoms. The first kappa shape index (κ1) is 18.4. The van der Waals surface area contributed by atoms with Gasteiger partial charge in [-0.25, -0.2) is 0 Å². The van der Waals surface area contributed by atoms with Gasteiger partial charge in [0, 0.05) is 18.4 Å². The molecule has 9 heteroatoms. The number of nitrogens with one attached hydrogen (secondary N) is 2. The van der Waals surface area contributed by atoms with Gasteiger partial charge in [-0.05, 0) is 39.0 Å². The molecule has 0 aliphatic rings. The quantitative estimate of drug-likeness (QED) is 0.660. The molecule has 2 N–H and O–H groups in total. The molecule has 0 saturated heterocycles. The van der Waals surface area contributed by atoms with E-state index in [9.17, 15) is 9.59 Å². The summed E-state index contributed by atoms with van der Waals surface area (Å²) in [7, 11) is 0. The Hall–Kier alpha value is -3.36. The van der Waals surface area contributed by atoms with Gasteiger partial charge in [0.05, 0.1) is 24.2 Å². The van der Waals surface area contributed by atoms with Crippen molar-refractivity contribution in [3.63, 3.8) is 0 Å². The number of aryl methyl sites for hydroxylation is 3. The van der Waals surface area contributed by atoms with Gasteiger partial charge in [0.25, 0.3) is 5.91 Å². The molecule has 0 atom stereocenters. The molecule has 9 nitrogen and oxygen atoms in total. The molecule has 0 fully saturated rings. The van der Waals surface area contributed by atoms with E-state index in [0.29, 0.717) is 18.0 Å². The van der Waals surface area contributed by atoms with Crippen LogP contribution in [0.1, 0.15) is 34.6 Å². The third-order valence-electron chi connectivity index (χ3n) is 3.97. The van der Waals surface area contributed by atoms with E-state index in [1.165, 1.54) is 6.26 Å². The molecule has 3 aromatic rings. The maximum absolute atomic E-state index is 12.5. The second-order valence-electron chi connectivity index (χ2n) is 6.14. The number of hydrogen-bond acceptors (Lipinski definition) is 5. The number of nitrogens with zero attached hydrogens (tertiary/aromatic N) is 4. The molecule has 3 heterocycles. The summed E-state index contributed by atoms with van der Waals surface area (Å²) in [6.45, 7) is 6.53.